The van der Waals surface area contributed by atoms with Gasteiger partial charge in [0, 0.05) is 27.1 Å². The van der Waals surface area contributed by atoms with E-state index in [0.29, 0.717) is 35.4 Å². The third-order valence-electron chi connectivity index (χ3n) is 7.44. The summed E-state index contributed by atoms with van der Waals surface area (Å²) in [5.74, 6) is 0.478. The normalized spacial score (nSPS) is 19.1. The van der Waals surface area contributed by atoms with Crippen LogP contribution in [-0.2, 0) is 14.8 Å². The molecule has 0 N–H and O–H groups in total. The molecule has 3 aromatic rings. The third-order valence-corrected chi connectivity index (χ3v) is 10.9. The maximum atomic E-state index is 14.2. The fourth-order valence-corrected chi connectivity index (χ4v) is 7.57. The molecule has 42 heavy (non-hydrogen) atoms. The highest BCUT2D eigenvalue weighted by Crippen LogP contribution is 2.39. The van der Waals surface area contributed by atoms with Gasteiger partial charge in [-0.3, -0.25) is 9.36 Å². The van der Waals surface area contributed by atoms with Crippen molar-refractivity contribution in [3.8, 4) is 34.8 Å². The Morgan fingerprint density at radius 2 is 1.83 bits per heavy atom. The van der Waals surface area contributed by atoms with Crippen LogP contribution in [0.25, 0.3) is 17.3 Å². The Morgan fingerprint density at radius 3 is 2.38 bits per heavy atom. The van der Waals surface area contributed by atoms with Crippen LogP contribution in [-0.4, -0.2) is 80.7 Å². The fourth-order valence-electron chi connectivity index (χ4n) is 5.14. The maximum Gasteiger partial charge on any atom is 0.246 e. The predicted octanol–water partition coefficient (Wildman–Crippen LogP) is 4.17. The van der Waals surface area contributed by atoms with Gasteiger partial charge in [0.15, 0.2) is 5.76 Å². The minimum absolute atomic E-state index is 0.0339. The standard InChI is InChI=1S/C28H38N6O6SSi/c1-20-18-28(2,19-29)32(26(20)35)13-16-41(36,37)33(14-17-42(5,6)7)27-31-30-25(23-12-9-15-40-23)34(27)24-21(38-3)10-8-11-22(24)39-4/h8-12,15,20H,13-14,16-18H2,1-7H3/t20-,28-/m1/s1. The molecule has 1 amide bonds. The van der Waals surface area contributed by atoms with Gasteiger partial charge in [-0.25, -0.2) is 12.7 Å². The van der Waals surface area contributed by atoms with Crippen LogP contribution >= 0.6 is 0 Å². The Bertz CT molecular complexity index is 1550. The highest BCUT2D eigenvalue weighted by atomic mass is 32.2. The van der Waals surface area contributed by atoms with E-state index >= 15 is 0 Å². The average molecular weight is 615 g/mol. The van der Waals surface area contributed by atoms with E-state index in [1.54, 1.807) is 48.7 Å². The van der Waals surface area contributed by atoms with Crippen molar-refractivity contribution in [3.05, 3.63) is 36.6 Å². The molecule has 1 aliphatic heterocycles. The van der Waals surface area contributed by atoms with Gasteiger partial charge in [-0.2, -0.15) is 5.26 Å². The molecule has 0 unspecified atom stereocenters. The van der Waals surface area contributed by atoms with E-state index in [4.69, 9.17) is 13.9 Å². The number of para-hydroxylation sites is 1. The lowest BCUT2D eigenvalue weighted by molar-refractivity contribution is -0.132. The first-order valence-corrected chi connectivity index (χ1v) is 19.0. The summed E-state index contributed by atoms with van der Waals surface area (Å²) in [5, 5.41) is 18.6. The summed E-state index contributed by atoms with van der Waals surface area (Å²) in [6.07, 6.45) is 1.84. The van der Waals surface area contributed by atoms with Crippen molar-refractivity contribution >= 4 is 30.0 Å². The van der Waals surface area contributed by atoms with Crippen LogP contribution in [0.5, 0.6) is 11.5 Å². The van der Waals surface area contributed by atoms with Gasteiger partial charge in [0.25, 0.3) is 0 Å². The maximum absolute atomic E-state index is 14.2. The van der Waals surface area contributed by atoms with E-state index in [9.17, 15) is 18.5 Å². The molecule has 4 rings (SSSR count). The number of rotatable bonds is 12. The minimum Gasteiger partial charge on any atom is -0.494 e. The lowest BCUT2D eigenvalue weighted by Gasteiger charge is -2.31. The summed E-state index contributed by atoms with van der Waals surface area (Å²) in [6, 6.07) is 11.5. The summed E-state index contributed by atoms with van der Waals surface area (Å²) in [5.41, 5.74) is -0.672. The fraction of sp³-hybridized carbons (Fsp3) is 0.500. The number of carbonyl (C=O) groups excluding carboxylic acids is 1. The van der Waals surface area contributed by atoms with Crippen LogP contribution in [0.1, 0.15) is 20.3 Å². The van der Waals surface area contributed by atoms with Crippen molar-refractivity contribution in [1.82, 2.24) is 19.7 Å². The Balaban J connectivity index is 1.87. The molecule has 14 heteroatoms. The van der Waals surface area contributed by atoms with E-state index in [0.717, 1.165) is 0 Å². The van der Waals surface area contributed by atoms with Gasteiger partial charge in [-0.05, 0) is 43.7 Å². The molecule has 0 bridgehead atoms. The number of benzene rings is 1. The molecule has 0 radical (unpaired) electrons. The summed E-state index contributed by atoms with van der Waals surface area (Å²) in [7, 11) is -2.82. The molecular formula is C28H38N6O6SSi. The van der Waals surface area contributed by atoms with Crippen molar-refractivity contribution in [3.63, 3.8) is 0 Å². The summed E-state index contributed by atoms with van der Waals surface area (Å²) < 4.78 is 48.3. The number of hydrogen-bond acceptors (Lipinski definition) is 9. The number of anilines is 1. The highest BCUT2D eigenvalue weighted by molar-refractivity contribution is 7.92. The average Bonchev–Trinajstić information content (AvgIpc) is 3.66. The molecule has 0 spiro atoms. The van der Waals surface area contributed by atoms with Gasteiger partial charge in [-0.15, -0.1) is 10.2 Å². The Morgan fingerprint density at radius 1 is 1.17 bits per heavy atom. The number of methoxy groups -OCH3 is 2. The second-order valence-electron chi connectivity index (χ2n) is 11.8. The minimum atomic E-state index is -4.09. The molecule has 1 fully saturated rings. The van der Waals surface area contributed by atoms with Crippen LogP contribution in [0.2, 0.25) is 25.7 Å². The van der Waals surface area contributed by atoms with Crippen LogP contribution in [0.4, 0.5) is 5.95 Å². The third kappa shape index (κ3) is 6.02. The summed E-state index contributed by atoms with van der Waals surface area (Å²) in [4.78, 5) is 14.3. The van der Waals surface area contributed by atoms with Gasteiger partial charge in [0.2, 0.25) is 27.7 Å². The van der Waals surface area contributed by atoms with Crippen LogP contribution in [0.3, 0.4) is 0 Å². The molecule has 2 aromatic heterocycles. The van der Waals surface area contributed by atoms with Crippen LogP contribution < -0.4 is 13.8 Å². The van der Waals surface area contributed by atoms with Gasteiger partial charge < -0.3 is 18.8 Å². The zero-order chi connectivity index (χ0) is 30.9. The van der Waals surface area contributed by atoms with Crippen molar-refractivity contribution in [2.45, 2.75) is 51.5 Å². The van der Waals surface area contributed by atoms with E-state index in [1.165, 1.54) is 29.7 Å². The summed E-state index contributed by atoms with van der Waals surface area (Å²) >= 11 is 0. The van der Waals surface area contributed by atoms with Crippen LogP contribution in [0.15, 0.2) is 41.0 Å². The topological polar surface area (TPSA) is 144 Å². The number of sulfonamides is 1. The molecule has 0 aliphatic carbocycles. The number of likely N-dealkylation sites (tertiary alicyclic amines) is 1. The second kappa shape index (κ2) is 11.8. The van der Waals surface area contributed by atoms with Crippen molar-refractivity contribution < 1.29 is 27.1 Å². The molecule has 3 heterocycles. The largest absolute Gasteiger partial charge is 0.494 e. The van der Waals surface area contributed by atoms with Gasteiger partial charge >= 0.3 is 0 Å². The number of nitrogens with zero attached hydrogens (tertiary/aromatic N) is 6. The number of amides is 1. The SMILES string of the molecule is COc1cccc(OC)c1-n1c(-c2ccco2)nnc1N(CC[Si](C)(C)C)S(=O)(=O)CCN1C(=O)[C@H](C)C[C@]1(C)C#N. The number of ether oxygens (including phenoxy) is 2. The first-order valence-electron chi connectivity index (χ1n) is 13.7. The molecule has 12 nitrogen and oxygen atoms in total. The van der Waals surface area contributed by atoms with Crippen molar-refractivity contribution in [2.75, 3.05) is 37.4 Å². The van der Waals surface area contributed by atoms with Crippen LogP contribution in [0, 0.1) is 17.2 Å². The number of carbonyl (C=O) groups is 1. The Labute approximate surface area is 247 Å². The number of aromatic nitrogens is 3. The molecule has 1 saturated heterocycles. The monoisotopic (exact) mass is 614 g/mol. The van der Waals surface area contributed by atoms with Crippen molar-refractivity contribution in [2.24, 2.45) is 5.92 Å². The first-order chi connectivity index (χ1) is 19.8. The number of hydrogen-bond donors (Lipinski definition) is 0. The second-order valence-corrected chi connectivity index (χ2v) is 19.5. The molecule has 0 saturated carbocycles. The van der Waals surface area contributed by atoms with Gasteiger partial charge in [0.05, 0.1) is 32.3 Å². The van der Waals surface area contributed by atoms with Gasteiger partial charge in [0.1, 0.15) is 22.7 Å². The molecular weight excluding hydrogens is 576 g/mol. The Kier molecular flexibility index (Phi) is 8.75. The Hall–Kier alpha value is -3.83. The number of nitriles is 1. The van der Waals surface area contributed by atoms with E-state index in [2.05, 4.69) is 35.9 Å². The van der Waals surface area contributed by atoms with Gasteiger partial charge in [-0.1, -0.05) is 32.6 Å². The molecule has 1 aromatic carbocycles. The molecule has 2 atom stereocenters. The molecule has 226 valence electrons. The highest BCUT2D eigenvalue weighted by Gasteiger charge is 2.47. The lowest BCUT2D eigenvalue weighted by atomic mass is 9.97. The van der Waals surface area contributed by atoms with E-state index < -0.39 is 29.4 Å². The molecule has 1 aliphatic rings. The zero-order valence-electron chi connectivity index (χ0n) is 25.1. The van der Waals surface area contributed by atoms with E-state index in [-0.39, 0.29) is 36.7 Å². The van der Waals surface area contributed by atoms with E-state index in [1.807, 2.05) is 0 Å². The lowest BCUT2D eigenvalue weighted by Crippen LogP contribution is -2.47. The quantitative estimate of drug-likeness (QED) is 0.275. The number of furan rings is 1. The predicted molar refractivity (Wildman–Crippen MR) is 161 cm³/mol. The summed E-state index contributed by atoms with van der Waals surface area (Å²) in [6.45, 7) is 9.91. The first kappa shape index (κ1) is 31.1. The smallest absolute Gasteiger partial charge is 0.246 e. The van der Waals surface area contributed by atoms with Crippen molar-refractivity contribution in [1.29, 1.82) is 5.26 Å². The zero-order valence-corrected chi connectivity index (χ0v) is 26.9.